The zero-order valence-electron chi connectivity index (χ0n) is 20.7. The molecule has 7 nitrogen and oxygen atoms in total. The molecular formula is C28H33N3O4S. The predicted octanol–water partition coefficient (Wildman–Crippen LogP) is 3.69. The van der Waals surface area contributed by atoms with Crippen molar-refractivity contribution >= 4 is 15.9 Å². The molecule has 1 amide bonds. The van der Waals surface area contributed by atoms with Crippen LogP contribution in [0, 0.1) is 0 Å². The van der Waals surface area contributed by atoms with Crippen molar-refractivity contribution < 1.29 is 17.9 Å². The third-order valence-electron chi connectivity index (χ3n) is 6.37. The standard InChI is InChI=1S/C28H33N3O4S/c1-3-35-25-14-16-26(17-15-25)36(33,34)29-22(2)28(32)31-20-18-30(19-21-31)27(23-10-6-4-7-11-23)24-12-8-5-9-13-24/h4-17,22,27,29H,3,18-21H2,1-2H3/t22-/m1/s1. The Hall–Kier alpha value is -3.20. The van der Waals surface area contributed by atoms with E-state index < -0.39 is 16.1 Å². The van der Waals surface area contributed by atoms with E-state index in [2.05, 4.69) is 33.9 Å². The van der Waals surface area contributed by atoms with Crippen LogP contribution in [0.5, 0.6) is 5.75 Å². The van der Waals surface area contributed by atoms with Gasteiger partial charge in [0.15, 0.2) is 0 Å². The van der Waals surface area contributed by atoms with Gasteiger partial charge in [0.05, 0.1) is 23.6 Å². The third-order valence-corrected chi connectivity index (χ3v) is 7.93. The van der Waals surface area contributed by atoms with Gasteiger partial charge >= 0.3 is 0 Å². The monoisotopic (exact) mass is 507 g/mol. The van der Waals surface area contributed by atoms with E-state index >= 15 is 0 Å². The van der Waals surface area contributed by atoms with Gasteiger partial charge in [-0.2, -0.15) is 4.72 Å². The molecule has 0 radical (unpaired) electrons. The average molecular weight is 508 g/mol. The molecule has 1 aliphatic rings. The molecule has 3 aromatic carbocycles. The van der Waals surface area contributed by atoms with Crippen LogP contribution in [0.1, 0.15) is 31.0 Å². The Balaban J connectivity index is 1.40. The number of nitrogens with zero attached hydrogens (tertiary/aromatic N) is 2. The Morgan fingerprint density at radius 1 is 0.861 bits per heavy atom. The molecule has 1 atom stereocenters. The highest BCUT2D eigenvalue weighted by Gasteiger charge is 2.31. The molecule has 1 N–H and O–H groups in total. The Morgan fingerprint density at radius 3 is 1.89 bits per heavy atom. The second-order valence-electron chi connectivity index (χ2n) is 8.83. The quantitative estimate of drug-likeness (QED) is 0.478. The smallest absolute Gasteiger partial charge is 0.241 e. The average Bonchev–Trinajstić information content (AvgIpc) is 2.90. The summed E-state index contributed by atoms with van der Waals surface area (Å²) in [5, 5.41) is 0. The van der Waals surface area contributed by atoms with Crippen molar-refractivity contribution in [2.45, 2.75) is 30.8 Å². The number of rotatable bonds is 9. The predicted molar refractivity (Wildman–Crippen MR) is 140 cm³/mol. The van der Waals surface area contributed by atoms with Crippen LogP contribution < -0.4 is 9.46 Å². The number of nitrogens with one attached hydrogen (secondary N) is 1. The molecule has 36 heavy (non-hydrogen) atoms. The molecule has 0 bridgehead atoms. The topological polar surface area (TPSA) is 78.9 Å². The van der Waals surface area contributed by atoms with Crippen LogP contribution >= 0.6 is 0 Å². The summed E-state index contributed by atoms with van der Waals surface area (Å²) >= 11 is 0. The van der Waals surface area contributed by atoms with Gasteiger partial charge in [0.2, 0.25) is 15.9 Å². The van der Waals surface area contributed by atoms with Gasteiger partial charge < -0.3 is 9.64 Å². The molecular weight excluding hydrogens is 474 g/mol. The first-order valence-electron chi connectivity index (χ1n) is 12.3. The number of hydrogen-bond acceptors (Lipinski definition) is 5. The normalized spacial score (nSPS) is 15.6. The van der Waals surface area contributed by atoms with Crippen LogP contribution in [0.15, 0.2) is 89.8 Å². The number of carbonyl (C=O) groups is 1. The summed E-state index contributed by atoms with van der Waals surface area (Å²) in [6.45, 7) is 6.41. The second kappa shape index (κ2) is 11.7. The van der Waals surface area contributed by atoms with Gasteiger partial charge in [-0.15, -0.1) is 0 Å². The number of piperazine rings is 1. The van der Waals surface area contributed by atoms with Gasteiger partial charge in [-0.1, -0.05) is 60.7 Å². The maximum Gasteiger partial charge on any atom is 0.241 e. The van der Waals surface area contributed by atoms with E-state index in [9.17, 15) is 13.2 Å². The van der Waals surface area contributed by atoms with Crippen LogP contribution in [0.2, 0.25) is 0 Å². The minimum Gasteiger partial charge on any atom is -0.494 e. The van der Waals surface area contributed by atoms with Crippen LogP contribution in [0.3, 0.4) is 0 Å². The van der Waals surface area contributed by atoms with Gasteiger partial charge in [-0.3, -0.25) is 9.69 Å². The van der Waals surface area contributed by atoms with Crippen LogP contribution in [0.4, 0.5) is 0 Å². The molecule has 0 aromatic heterocycles. The summed E-state index contributed by atoms with van der Waals surface area (Å²) in [6, 6.07) is 26.1. The van der Waals surface area contributed by atoms with E-state index in [1.807, 2.05) is 43.3 Å². The van der Waals surface area contributed by atoms with E-state index in [0.717, 1.165) is 0 Å². The van der Waals surface area contributed by atoms with Crippen LogP contribution in [0.25, 0.3) is 0 Å². The van der Waals surface area contributed by atoms with Gasteiger partial charge in [-0.05, 0) is 49.2 Å². The number of carbonyl (C=O) groups excluding carboxylic acids is 1. The van der Waals surface area contributed by atoms with Crippen molar-refractivity contribution in [3.63, 3.8) is 0 Å². The Kier molecular flexibility index (Phi) is 8.40. The highest BCUT2D eigenvalue weighted by atomic mass is 32.2. The second-order valence-corrected chi connectivity index (χ2v) is 10.5. The molecule has 1 fully saturated rings. The molecule has 4 rings (SSSR count). The van der Waals surface area contributed by atoms with Gasteiger partial charge in [0.1, 0.15) is 5.75 Å². The van der Waals surface area contributed by atoms with Crippen molar-refractivity contribution in [1.29, 1.82) is 0 Å². The molecule has 1 saturated heterocycles. The molecule has 0 aliphatic carbocycles. The Labute approximate surface area is 213 Å². The summed E-state index contributed by atoms with van der Waals surface area (Å²) in [6.07, 6.45) is 0. The zero-order valence-corrected chi connectivity index (χ0v) is 21.5. The summed E-state index contributed by atoms with van der Waals surface area (Å²) in [4.78, 5) is 17.3. The molecule has 190 valence electrons. The first kappa shape index (κ1) is 25.9. The van der Waals surface area contributed by atoms with E-state index in [4.69, 9.17) is 4.74 Å². The van der Waals surface area contributed by atoms with E-state index in [1.165, 1.54) is 23.3 Å². The largest absolute Gasteiger partial charge is 0.494 e. The number of hydrogen-bond donors (Lipinski definition) is 1. The van der Waals surface area contributed by atoms with E-state index in [1.54, 1.807) is 24.0 Å². The molecule has 8 heteroatoms. The molecule has 1 heterocycles. The molecule has 0 saturated carbocycles. The van der Waals surface area contributed by atoms with Crippen molar-refractivity contribution in [1.82, 2.24) is 14.5 Å². The fourth-order valence-corrected chi connectivity index (χ4v) is 5.79. The zero-order chi connectivity index (χ0) is 25.5. The molecule has 0 unspecified atom stereocenters. The first-order chi connectivity index (χ1) is 17.4. The number of ether oxygens (including phenoxy) is 1. The number of sulfonamides is 1. The summed E-state index contributed by atoms with van der Waals surface area (Å²) in [5.41, 5.74) is 2.42. The van der Waals surface area contributed by atoms with E-state index in [0.29, 0.717) is 38.5 Å². The lowest BCUT2D eigenvalue weighted by Gasteiger charge is -2.40. The molecule has 3 aromatic rings. The fourth-order valence-electron chi connectivity index (χ4n) is 4.59. The first-order valence-corrected chi connectivity index (χ1v) is 13.8. The van der Waals surface area contributed by atoms with Crippen molar-refractivity contribution in [2.75, 3.05) is 32.8 Å². The maximum absolute atomic E-state index is 13.1. The van der Waals surface area contributed by atoms with Crippen LogP contribution in [-0.4, -0.2) is 63.0 Å². The maximum atomic E-state index is 13.1. The lowest BCUT2D eigenvalue weighted by Crippen LogP contribution is -2.54. The van der Waals surface area contributed by atoms with Crippen molar-refractivity contribution in [3.8, 4) is 5.75 Å². The summed E-state index contributed by atoms with van der Waals surface area (Å²) in [5.74, 6) is 0.378. The molecule has 0 spiro atoms. The van der Waals surface area contributed by atoms with Crippen molar-refractivity contribution in [2.24, 2.45) is 0 Å². The highest BCUT2D eigenvalue weighted by Crippen LogP contribution is 2.29. The van der Waals surface area contributed by atoms with Crippen LogP contribution in [-0.2, 0) is 14.8 Å². The van der Waals surface area contributed by atoms with Crippen molar-refractivity contribution in [3.05, 3.63) is 96.1 Å². The fraction of sp³-hybridized carbons (Fsp3) is 0.321. The van der Waals surface area contributed by atoms with Gasteiger partial charge in [0, 0.05) is 26.2 Å². The minimum atomic E-state index is -3.83. The summed E-state index contributed by atoms with van der Waals surface area (Å²) < 4.78 is 33.6. The molecule has 1 aliphatic heterocycles. The van der Waals surface area contributed by atoms with E-state index in [-0.39, 0.29) is 16.8 Å². The minimum absolute atomic E-state index is 0.0974. The Bertz CT molecular complexity index is 1190. The van der Waals surface area contributed by atoms with Gasteiger partial charge in [-0.25, -0.2) is 8.42 Å². The number of amides is 1. The Morgan fingerprint density at radius 2 is 1.39 bits per heavy atom. The highest BCUT2D eigenvalue weighted by molar-refractivity contribution is 7.89. The lowest BCUT2D eigenvalue weighted by atomic mass is 9.96. The van der Waals surface area contributed by atoms with Gasteiger partial charge in [0.25, 0.3) is 0 Å². The SMILES string of the molecule is CCOc1ccc(S(=O)(=O)N[C@H](C)C(=O)N2CCN(C(c3ccccc3)c3ccccc3)CC2)cc1. The third kappa shape index (κ3) is 6.13. The summed E-state index contributed by atoms with van der Waals surface area (Å²) in [7, 11) is -3.83. The lowest BCUT2D eigenvalue weighted by molar-refractivity contribution is -0.134. The number of benzene rings is 3.